The summed E-state index contributed by atoms with van der Waals surface area (Å²) in [7, 11) is 1.64. The zero-order valence-electron chi connectivity index (χ0n) is 10.5. The molecule has 0 aliphatic heterocycles. The van der Waals surface area contributed by atoms with Crippen molar-refractivity contribution in [2.24, 2.45) is 11.7 Å². The molecule has 0 bridgehead atoms. The zero-order valence-corrected chi connectivity index (χ0v) is 10.5. The van der Waals surface area contributed by atoms with E-state index in [1.54, 1.807) is 7.11 Å². The Labute approximate surface area is 97.7 Å². The molecule has 0 aliphatic carbocycles. The largest absolute Gasteiger partial charge is 0.382 e. The Morgan fingerprint density at radius 1 is 1.31 bits per heavy atom. The highest BCUT2D eigenvalue weighted by Crippen LogP contribution is 1.97. The van der Waals surface area contributed by atoms with Gasteiger partial charge in [0.25, 0.3) is 0 Å². The Morgan fingerprint density at radius 3 is 2.56 bits per heavy atom. The van der Waals surface area contributed by atoms with Crippen LogP contribution in [0.15, 0.2) is 0 Å². The van der Waals surface area contributed by atoms with Gasteiger partial charge >= 0.3 is 0 Å². The Balaban J connectivity index is 3.34. The molecule has 0 spiro atoms. The summed E-state index contributed by atoms with van der Waals surface area (Å²) < 4.78 is 10.1. The summed E-state index contributed by atoms with van der Waals surface area (Å²) in [5.41, 5.74) is 5.68. The fraction of sp³-hybridized carbons (Fsp3) is 0.909. The average molecular weight is 232 g/mol. The van der Waals surface area contributed by atoms with Gasteiger partial charge in [0.1, 0.15) is 0 Å². The molecule has 1 atom stereocenters. The van der Waals surface area contributed by atoms with E-state index in [-0.39, 0.29) is 11.8 Å². The molecule has 0 radical (unpaired) electrons. The first-order valence-electron chi connectivity index (χ1n) is 5.69. The normalized spacial score (nSPS) is 12.8. The lowest BCUT2D eigenvalue weighted by atomic mass is 10.1. The molecule has 0 heterocycles. The summed E-state index contributed by atoms with van der Waals surface area (Å²) in [5, 5.41) is 2.78. The number of nitrogens with one attached hydrogen (secondary N) is 1. The van der Waals surface area contributed by atoms with E-state index in [0.717, 1.165) is 6.42 Å². The van der Waals surface area contributed by atoms with Gasteiger partial charge in [0.15, 0.2) is 0 Å². The molecule has 5 heteroatoms. The number of carbonyl (C=O) groups excluding carboxylic acids is 1. The van der Waals surface area contributed by atoms with E-state index in [1.807, 2.05) is 13.8 Å². The minimum Gasteiger partial charge on any atom is -0.382 e. The molecule has 0 unspecified atom stereocenters. The molecule has 0 aromatic heterocycles. The molecular weight excluding hydrogens is 208 g/mol. The number of rotatable bonds is 9. The van der Waals surface area contributed by atoms with E-state index < -0.39 is 6.04 Å². The first-order valence-corrected chi connectivity index (χ1v) is 5.69. The van der Waals surface area contributed by atoms with Crippen molar-refractivity contribution in [2.45, 2.75) is 26.3 Å². The van der Waals surface area contributed by atoms with Crippen molar-refractivity contribution in [3.8, 4) is 0 Å². The van der Waals surface area contributed by atoms with Gasteiger partial charge in [-0.3, -0.25) is 4.79 Å². The van der Waals surface area contributed by atoms with Crippen LogP contribution in [0, 0.1) is 5.92 Å². The van der Waals surface area contributed by atoms with Crippen LogP contribution < -0.4 is 11.1 Å². The highest BCUT2D eigenvalue weighted by Gasteiger charge is 2.15. The van der Waals surface area contributed by atoms with E-state index in [4.69, 9.17) is 15.2 Å². The fourth-order valence-electron chi connectivity index (χ4n) is 1.05. The maximum atomic E-state index is 11.4. The smallest absolute Gasteiger partial charge is 0.237 e. The molecule has 96 valence electrons. The van der Waals surface area contributed by atoms with Crippen LogP contribution in [0.25, 0.3) is 0 Å². The number of carbonyl (C=O) groups is 1. The number of ether oxygens (including phenoxy) is 2. The van der Waals surface area contributed by atoms with E-state index >= 15 is 0 Å². The minimum atomic E-state index is -0.422. The molecule has 0 saturated heterocycles. The van der Waals surface area contributed by atoms with Gasteiger partial charge in [-0.2, -0.15) is 0 Å². The van der Waals surface area contributed by atoms with Crippen LogP contribution in [0.3, 0.4) is 0 Å². The Kier molecular flexibility index (Phi) is 9.18. The van der Waals surface area contributed by atoms with Gasteiger partial charge in [0.05, 0.1) is 19.3 Å². The Morgan fingerprint density at radius 2 is 2.00 bits per heavy atom. The van der Waals surface area contributed by atoms with Gasteiger partial charge in [-0.15, -0.1) is 0 Å². The van der Waals surface area contributed by atoms with Crippen molar-refractivity contribution in [1.29, 1.82) is 0 Å². The summed E-state index contributed by atoms with van der Waals surface area (Å²) in [6.45, 7) is 6.28. The number of hydrogen-bond acceptors (Lipinski definition) is 4. The lowest BCUT2D eigenvalue weighted by Gasteiger charge is -2.15. The minimum absolute atomic E-state index is 0.0908. The molecular formula is C11H24N2O3. The number of nitrogens with two attached hydrogens (primary N) is 1. The molecule has 0 aromatic rings. The first-order chi connectivity index (χ1) is 7.59. The Hall–Kier alpha value is -0.650. The molecule has 0 saturated carbocycles. The topological polar surface area (TPSA) is 73.6 Å². The van der Waals surface area contributed by atoms with Crippen LogP contribution in [-0.2, 0) is 14.3 Å². The molecule has 5 nitrogen and oxygen atoms in total. The van der Waals surface area contributed by atoms with E-state index in [9.17, 15) is 4.79 Å². The van der Waals surface area contributed by atoms with Crippen LogP contribution in [0.2, 0.25) is 0 Å². The fourth-order valence-corrected chi connectivity index (χ4v) is 1.05. The molecule has 16 heavy (non-hydrogen) atoms. The monoisotopic (exact) mass is 232 g/mol. The third kappa shape index (κ3) is 7.62. The summed E-state index contributed by atoms with van der Waals surface area (Å²) >= 11 is 0. The Bertz CT molecular complexity index is 186. The predicted molar refractivity (Wildman–Crippen MR) is 63.1 cm³/mol. The van der Waals surface area contributed by atoms with Gasteiger partial charge in [0.2, 0.25) is 5.91 Å². The third-order valence-corrected chi connectivity index (χ3v) is 2.22. The van der Waals surface area contributed by atoms with Gasteiger partial charge < -0.3 is 20.5 Å². The second-order valence-electron chi connectivity index (χ2n) is 4.02. The summed E-state index contributed by atoms with van der Waals surface area (Å²) in [4.78, 5) is 11.4. The molecule has 0 rings (SSSR count). The van der Waals surface area contributed by atoms with Crippen molar-refractivity contribution < 1.29 is 14.3 Å². The van der Waals surface area contributed by atoms with E-state index in [2.05, 4.69) is 5.32 Å². The first kappa shape index (κ1) is 15.3. The molecule has 0 fully saturated rings. The van der Waals surface area contributed by atoms with Crippen molar-refractivity contribution in [1.82, 2.24) is 5.32 Å². The zero-order chi connectivity index (χ0) is 12.4. The van der Waals surface area contributed by atoms with Gasteiger partial charge in [-0.1, -0.05) is 13.8 Å². The van der Waals surface area contributed by atoms with Crippen molar-refractivity contribution in [3.63, 3.8) is 0 Å². The van der Waals surface area contributed by atoms with E-state index in [1.165, 1.54) is 0 Å². The lowest BCUT2D eigenvalue weighted by Crippen LogP contribution is -2.44. The standard InChI is InChI=1S/C11H24N2O3/c1-9(2)10(12)11(14)13-5-4-6-16-8-7-15-3/h9-10H,4-8,12H2,1-3H3,(H,13,14)/t10-/m1/s1. The van der Waals surface area contributed by atoms with Crippen LogP contribution in [0.4, 0.5) is 0 Å². The highest BCUT2D eigenvalue weighted by molar-refractivity contribution is 5.81. The number of hydrogen-bond donors (Lipinski definition) is 2. The van der Waals surface area contributed by atoms with E-state index in [0.29, 0.717) is 26.4 Å². The SMILES string of the molecule is COCCOCCCNC(=O)[C@H](N)C(C)C. The van der Waals surface area contributed by atoms with Crippen LogP contribution in [-0.4, -0.2) is 45.4 Å². The second-order valence-corrected chi connectivity index (χ2v) is 4.02. The lowest BCUT2D eigenvalue weighted by molar-refractivity contribution is -0.123. The summed E-state index contributed by atoms with van der Waals surface area (Å²) in [5.74, 6) is 0.0739. The molecule has 3 N–H and O–H groups in total. The van der Waals surface area contributed by atoms with Crippen LogP contribution >= 0.6 is 0 Å². The van der Waals surface area contributed by atoms with Crippen molar-refractivity contribution in [3.05, 3.63) is 0 Å². The predicted octanol–water partition coefficient (Wildman–Crippen LogP) is 0.139. The highest BCUT2D eigenvalue weighted by atomic mass is 16.5. The quantitative estimate of drug-likeness (QED) is 0.555. The van der Waals surface area contributed by atoms with Gasteiger partial charge in [0, 0.05) is 20.3 Å². The van der Waals surface area contributed by atoms with Crippen molar-refractivity contribution in [2.75, 3.05) is 33.5 Å². The average Bonchev–Trinajstić information content (AvgIpc) is 2.26. The summed E-state index contributed by atoms with van der Waals surface area (Å²) in [6, 6.07) is -0.422. The maximum absolute atomic E-state index is 11.4. The third-order valence-electron chi connectivity index (χ3n) is 2.22. The molecule has 0 aromatic carbocycles. The second kappa shape index (κ2) is 9.57. The van der Waals surface area contributed by atoms with Gasteiger partial charge in [-0.25, -0.2) is 0 Å². The molecule has 0 aliphatic rings. The number of methoxy groups -OCH3 is 1. The number of amides is 1. The molecule has 1 amide bonds. The van der Waals surface area contributed by atoms with Gasteiger partial charge in [-0.05, 0) is 12.3 Å². The van der Waals surface area contributed by atoms with Crippen LogP contribution in [0.5, 0.6) is 0 Å². The maximum Gasteiger partial charge on any atom is 0.237 e. The summed E-state index contributed by atoms with van der Waals surface area (Å²) in [6.07, 6.45) is 0.792. The van der Waals surface area contributed by atoms with Crippen LogP contribution in [0.1, 0.15) is 20.3 Å². The van der Waals surface area contributed by atoms with Crippen molar-refractivity contribution >= 4 is 5.91 Å².